The monoisotopic (exact) mass is 1900 g/mol. The van der Waals surface area contributed by atoms with E-state index in [2.05, 4.69) is 21.3 Å². The first-order valence-corrected chi connectivity index (χ1v) is 52.9. The minimum absolute atomic E-state index is 0.309. The van der Waals surface area contributed by atoms with Crippen molar-refractivity contribution >= 4 is 150 Å². The molecule has 4 fully saturated rings. The summed E-state index contributed by atoms with van der Waals surface area (Å²) >= 11 is 11.2. The first-order chi connectivity index (χ1) is 57.3. The van der Waals surface area contributed by atoms with Gasteiger partial charge in [-0.2, -0.15) is 47.0 Å². The summed E-state index contributed by atoms with van der Waals surface area (Å²) < 4.78 is 23.8. The number of carboxylic acid groups (broad SMARTS) is 4. The van der Waals surface area contributed by atoms with Crippen molar-refractivity contribution in [2.24, 2.45) is 0 Å². The van der Waals surface area contributed by atoms with Crippen molar-refractivity contribution in [2.45, 2.75) is 322 Å². The van der Waals surface area contributed by atoms with Gasteiger partial charge in [0.2, 0.25) is 43.4 Å². The van der Waals surface area contributed by atoms with Crippen LogP contribution >= 0.6 is 94.1 Å². The molecular weight excluding hydrogens is 1770 g/mol. The maximum atomic E-state index is 12.8. The van der Waals surface area contributed by atoms with Crippen molar-refractivity contribution in [3.05, 3.63) is 0 Å². The van der Waals surface area contributed by atoms with E-state index in [1.165, 1.54) is 27.7 Å². The lowest BCUT2D eigenvalue weighted by Gasteiger charge is -2.46. The van der Waals surface area contributed by atoms with Crippen LogP contribution in [0, 0.1) is 0 Å². The van der Waals surface area contributed by atoms with Gasteiger partial charge in [0.25, 0.3) is 0 Å². The molecule has 4 aliphatic heterocycles. The maximum absolute atomic E-state index is 12.8. The molecule has 0 aromatic rings. The molecule has 704 valence electrons. The van der Waals surface area contributed by atoms with Gasteiger partial charge in [-0.25, -0.2) is 19.2 Å². The summed E-state index contributed by atoms with van der Waals surface area (Å²) in [7, 11) is -2.05. The molecule has 4 heterocycles. The van der Waals surface area contributed by atoms with Crippen molar-refractivity contribution in [1.29, 1.82) is 0 Å². The largest absolute Gasteiger partial charge is 0.478 e. The van der Waals surface area contributed by atoms with Crippen molar-refractivity contribution in [3.8, 4) is 0 Å². The van der Waals surface area contributed by atoms with Gasteiger partial charge in [-0.15, -0.1) is 47.0 Å². The number of aliphatic carboxylic acids is 4. The number of hydrogen-bond donors (Lipinski definition) is 24. The van der Waals surface area contributed by atoms with Crippen LogP contribution in [0.15, 0.2) is 0 Å². The highest BCUT2D eigenvalue weighted by molar-refractivity contribution is 8.02. The minimum atomic E-state index is -2.05. The molecule has 0 radical (unpaired) electrons. The van der Waals surface area contributed by atoms with E-state index in [-0.39, 0.29) is 0 Å². The highest BCUT2D eigenvalue weighted by Gasteiger charge is 2.59. The van der Waals surface area contributed by atoms with E-state index in [0.29, 0.717) is 48.7 Å². The highest BCUT2D eigenvalue weighted by Crippen LogP contribution is 2.46. The fourth-order valence-electron chi connectivity index (χ4n) is 15.3. The maximum Gasteiger partial charge on any atom is 0.346 e. The van der Waals surface area contributed by atoms with Crippen molar-refractivity contribution in [2.75, 3.05) is 95.5 Å². The molecule has 0 spiro atoms. The second-order valence-electron chi connectivity index (χ2n) is 31.5. The number of carbonyl (C=O) groups is 8. The quantitative estimate of drug-likeness (QED) is 0.0284. The van der Waals surface area contributed by atoms with Crippen LogP contribution in [0.3, 0.4) is 0 Å². The van der Waals surface area contributed by atoms with Gasteiger partial charge in [-0.3, -0.25) is 19.2 Å². The van der Waals surface area contributed by atoms with E-state index in [1.807, 2.05) is 47.0 Å². The van der Waals surface area contributed by atoms with Gasteiger partial charge in [-0.05, 0) is 146 Å². The molecule has 121 heavy (non-hydrogen) atoms. The number of carboxylic acids is 4. The smallest absolute Gasteiger partial charge is 0.346 e. The lowest BCUT2D eigenvalue weighted by Crippen LogP contribution is -2.66. The van der Waals surface area contributed by atoms with Gasteiger partial charge in [-0.1, -0.05) is 49.9 Å². The van der Waals surface area contributed by atoms with E-state index in [1.54, 1.807) is 0 Å². The number of nitrogens with one attached hydrogen (secondary N) is 4. The summed E-state index contributed by atoms with van der Waals surface area (Å²) in [6.07, 6.45) is -15.8. The number of aliphatic hydroxyl groups excluding tert-OH is 16. The molecule has 45 heteroatoms. The zero-order valence-electron chi connectivity index (χ0n) is 69.4. The van der Waals surface area contributed by atoms with Gasteiger partial charge < -0.3 is 142 Å². The first-order valence-electron chi connectivity index (χ1n) is 41.5. The normalized spacial score (nSPS) is 29.1. The number of ether oxygens (including phenoxy) is 4. The lowest BCUT2D eigenvalue weighted by molar-refractivity contribution is -0.205. The molecule has 4 aliphatic rings. The minimum Gasteiger partial charge on any atom is -0.478 e. The molecule has 24 atom stereocenters. The average Bonchev–Trinajstić information content (AvgIpc) is 0.786. The van der Waals surface area contributed by atoms with Crippen LogP contribution in [-0.2, 0) is 57.3 Å². The van der Waals surface area contributed by atoms with Crippen LogP contribution in [0.2, 0.25) is 24.2 Å². The Morgan fingerprint density at radius 1 is 0.306 bits per heavy atom. The summed E-state index contributed by atoms with van der Waals surface area (Å²) in [6.45, 7) is 1.12. The molecular formula is C76H136N4O32S8Si. The molecule has 36 nitrogen and oxygen atoms in total. The Morgan fingerprint density at radius 3 is 0.645 bits per heavy atom. The highest BCUT2D eigenvalue weighted by atomic mass is 32.2. The van der Waals surface area contributed by atoms with Crippen LogP contribution in [0.4, 0.5) is 0 Å². The molecule has 24 N–H and O–H groups in total. The zero-order chi connectivity index (χ0) is 90.3. The molecule has 0 unspecified atom stereocenters. The lowest BCUT2D eigenvalue weighted by atomic mass is 9.90. The van der Waals surface area contributed by atoms with Crippen molar-refractivity contribution in [1.82, 2.24) is 21.3 Å². The summed E-state index contributed by atoms with van der Waals surface area (Å²) in [5.41, 5.74) is 0. The Morgan fingerprint density at radius 2 is 0.479 bits per heavy atom. The molecule has 0 aromatic carbocycles. The van der Waals surface area contributed by atoms with Gasteiger partial charge in [0.05, 0.1) is 83.1 Å². The third kappa shape index (κ3) is 36.0. The molecule has 0 aliphatic carbocycles. The number of aliphatic hydroxyl groups is 16. The molecule has 4 amide bonds. The Kier molecular flexibility index (Phi) is 52.6. The van der Waals surface area contributed by atoms with E-state index in [4.69, 9.17) is 18.9 Å². The Hall–Kier alpha value is -2.02. The summed E-state index contributed by atoms with van der Waals surface area (Å²) in [5.74, 6) is 0.162. The van der Waals surface area contributed by atoms with Gasteiger partial charge in [0.15, 0.2) is 0 Å². The van der Waals surface area contributed by atoms with Gasteiger partial charge in [0.1, 0.15) is 73.2 Å². The molecule has 4 rings (SSSR count). The van der Waals surface area contributed by atoms with Gasteiger partial charge in [0, 0.05) is 53.4 Å². The zero-order valence-corrected chi connectivity index (χ0v) is 77.0. The third-order valence-electron chi connectivity index (χ3n) is 21.8. The van der Waals surface area contributed by atoms with Gasteiger partial charge >= 0.3 is 23.9 Å². The molecule has 0 saturated carbocycles. The number of carbonyl (C=O) groups excluding carboxylic acids is 4. The molecule has 0 bridgehead atoms. The van der Waals surface area contributed by atoms with Crippen LogP contribution in [-0.4, -0.2) is 395 Å². The topological polar surface area (TPSA) is 626 Å². The van der Waals surface area contributed by atoms with E-state index in [9.17, 15) is 140 Å². The van der Waals surface area contributed by atoms with Crippen LogP contribution in [0.1, 0.15) is 156 Å². The second kappa shape index (κ2) is 57.2. The van der Waals surface area contributed by atoms with Crippen LogP contribution < -0.4 is 21.3 Å². The molecule has 4 saturated heterocycles. The first kappa shape index (κ1) is 111. The second-order valence-corrected chi connectivity index (χ2v) is 46.8. The number of hydrogen-bond acceptors (Lipinski definition) is 36. The van der Waals surface area contributed by atoms with Crippen molar-refractivity contribution in [3.63, 3.8) is 0 Å². The average molecular weight is 1900 g/mol. The number of amides is 4. The van der Waals surface area contributed by atoms with E-state index < -0.39 is 249 Å². The van der Waals surface area contributed by atoms with E-state index in [0.717, 1.165) is 194 Å². The number of thioether (sulfide) groups is 8. The summed E-state index contributed by atoms with van der Waals surface area (Å²) in [5, 5.41) is 219. The fourth-order valence-corrected chi connectivity index (χ4v) is 30.5. The number of unbranched alkanes of at least 4 members (excludes halogenated alkanes) is 8. The fraction of sp³-hybridized carbons (Fsp3) is 0.895. The SMILES string of the molecule is CC(=O)N[C@@H]1[C@@H]([C@H](O)[C@H](O)CO)O[C@](SCCCCCSCCC[Si](CCCSCCCCCS[C@@]2(C(=O)O)C[C@@H](O)[C@H](NC(C)=O)[C@@H]([C@H](O)[C@H](O)CO)O2)(CCCSCCCCCS[C@@]2(C(=O)O)C[C@@H](O)[C@H](NC(C)=O)[C@@H]([C@H](O)[C@H](O)CO)O2)CCCSCCCCCS[C@@]2(C(=O)O)C[C@@H](O)[C@H](NC(C)=O)[C@@H]([C@H](O)[C@H](O)CO)O2)(C(=O)O)C[C@H]1O. The van der Waals surface area contributed by atoms with Crippen molar-refractivity contribution < 1.29 is 159 Å². The molecule has 0 aromatic heterocycles. The van der Waals surface area contributed by atoms with E-state index >= 15 is 0 Å². The Labute approximate surface area is 742 Å². The van der Waals surface area contributed by atoms with Crippen LogP contribution in [0.25, 0.3) is 0 Å². The summed E-state index contributed by atoms with van der Waals surface area (Å²) in [4.78, 5) is 91.5. The third-order valence-corrected chi connectivity index (χ3v) is 37.7. The standard InChI is InChI=1S/C76H136N4O32S8Si/c1-45(85)77-57-49(89)37-73(69(101)102,109-65(57)61(97)53(93)41-81)117-29-13-5-9-21-113-25-17-33-121(34-18-26-114-22-10-6-14-30-118-74(70(103)104)38-50(90)58(78-46(2)86)66(110-74)62(98)54(94)42-82,35-19-27-115-23-11-7-15-31-119-75(71(105)106)39-51(91)59(79-47(3)87)67(111-75)63(99)55(95)43-83)36-20-28-116-24-12-8-16-32-120-76(72(107)108)40-52(92)60(80-48(4)88)68(112-76)64(100)56(96)44-84/h49-68,81-84,89-100H,5-44H2,1-4H3,(H,77,85)(H,78,86)(H,79,87)(H,80,88)(H,101,102)(H,103,104)(H,105,106)(H,107,108)/t49-,50-,51-,52-,53-,54-,55-,56-,57+,58+,59+,60+,61-,62-,63-,64-,65+,66+,67+,68+,73-,74-,75-,76-/m1/s1. The predicted molar refractivity (Wildman–Crippen MR) is 468 cm³/mol. The summed E-state index contributed by atoms with van der Waals surface area (Å²) in [6, 6.07) is -0.754. The predicted octanol–water partition coefficient (Wildman–Crippen LogP) is 0.140. The van der Waals surface area contributed by atoms with Crippen LogP contribution in [0.5, 0.6) is 0 Å². The number of rotatable bonds is 64. The Balaban J connectivity index is 1.46. The Bertz CT molecular complexity index is 2700.